The molecule has 0 aliphatic carbocycles. The van der Waals surface area contributed by atoms with Gasteiger partial charge in [0.1, 0.15) is 0 Å². The predicted molar refractivity (Wildman–Crippen MR) is 85.9 cm³/mol. The van der Waals surface area contributed by atoms with Crippen LogP contribution in [0.2, 0.25) is 0 Å². The van der Waals surface area contributed by atoms with Gasteiger partial charge >= 0.3 is 6.03 Å². The van der Waals surface area contributed by atoms with Gasteiger partial charge in [-0.2, -0.15) is 0 Å². The highest BCUT2D eigenvalue weighted by atomic mass is 16.5. The first-order valence-electron chi connectivity index (χ1n) is 7.39. The van der Waals surface area contributed by atoms with Crippen molar-refractivity contribution in [3.63, 3.8) is 0 Å². The van der Waals surface area contributed by atoms with Crippen LogP contribution >= 0.6 is 0 Å². The third kappa shape index (κ3) is 2.94. The number of ether oxygens (including phenoxy) is 2. The third-order valence-corrected chi connectivity index (χ3v) is 4.03. The fraction of sp³-hybridized carbons (Fsp3) is 0.375. The SMILES string of the molecule is COc1ccc(NC(=O)N2CCc3ncn(C)c3C2)cc1OC. The van der Waals surface area contributed by atoms with Crippen molar-refractivity contribution >= 4 is 11.7 Å². The summed E-state index contributed by atoms with van der Waals surface area (Å²) in [5.74, 6) is 1.21. The minimum atomic E-state index is -0.135. The first kappa shape index (κ1) is 15.2. The molecule has 1 N–H and O–H groups in total. The lowest BCUT2D eigenvalue weighted by Gasteiger charge is -2.27. The molecular formula is C16H20N4O3. The minimum absolute atomic E-state index is 0.135. The quantitative estimate of drug-likeness (QED) is 0.941. The Morgan fingerprint density at radius 3 is 2.78 bits per heavy atom. The Labute approximate surface area is 134 Å². The molecule has 1 aromatic carbocycles. The molecule has 0 unspecified atom stereocenters. The summed E-state index contributed by atoms with van der Waals surface area (Å²) < 4.78 is 12.4. The van der Waals surface area contributed by atoms with Gasteiger partial charge in [-0.1, -0.05) is 0 Å². The summed E-state index contributed by atoms with van der Waals surface area (Å²) >= 11 is 0. The summed E-state index contributed by atoms with van der Waals surface area (Å²) in [4.78, 5) is 18.6. The lowest BCUT2D eigenvalue weighted by molar-refractivity contribution is 0.204. The van der Waals surface area contributed by atoms with Gasteiger partial charge in [-0.25, -0.2) is 9.78 Å². The molecule has 1 aliphatic rings. The van der Waals surface area contributed by atoms with Crippen LogP contribution < -0.4 is 14.8 Å². The summed E-state index contributed by atoms with van der Waals surface area (Å²) in [6.07, 6.45) is 2.57. The van der Waals surface area contributed by atoms with Gasteiger partial charge in [0.2, 0.25) is 0 Å². The van der Waals surface area contributed by atoms with E-state index >= 15 is 0 Å². The Balaban J connectivity index is 1.71. The number of hydrogen-bond acceptors (Lipinski definition) is 4. The zero-order chi connectivity index (χ0) is 16.4. The second-order valence-corrected chi connectivity index (χ2v) is 5.42. The molecule has 2 amide bonds. The van der Waals surface area contributed by atoms with Gasteiger partial charge in [0.15, 0.2) is 11.5 Å². The van der Waals surface area contributed by atoms with Gasteiger partial charge in [0, 0.05) is 31.8 Å². The van der Waals surface area contributed by atoms with E-state index in [1.807, 2.05) is 11.6 Å². The molecule has 2 aromatic rings. The maximum Gasteiger partial charge on any atom is 0.322 e. The number of anilines is 1. The Morgan fingerprint density at radius 1 is 1.26 bits per heavy atom. The number of urea groups is 1. The van der Waals surface area contributed by atoms with Crippen LogP contribution in [-0.4, -0.2) is 41.2 Å². The van der Waals surface area contributed by atoms with Crippen molar-refractivity contribution in [2.75, 3.05) is 26.1 Å². The number of benzene rings is 1. The maximum atomic E-state index is 12.5. The van der Waals surface area contributed by atoms with E-state index in [0.717, 1.165) is 17.8 Å². The normalized spacial score (nSPS) is 13.4. The molecule has 1 aromatic heterocycles. The van der Waals surface area contributed by atoms with E-state index in [2.05, 4.69) is 10.3 Å². The summed E-state index contributed by atoms with van der Waals surface area (Å²) in [6.45, 7) is 1.22. The Bertz CT molecular complexity index is 726. The van der Waals surface area contributed by atoms with E-state index in [0.29, 0.717) is 30.3 Å². The van der Waals surface area contributed by atoms with Crippen LogP contribution in [0.5, 0.6) is 11.5 Å². The fourth-order valence-electron chi connectivity index (χ4n) is 2.71. The first-order valence-corrected chi connectivity index (χ1v) is 7.39. The standard InChI is InChI=1S/C16H20N4O3/c1-19-10-17-12-6-7-20(9-13(12)19)16(21)18-11-4-5-14(22-2)15(8-11)23-3/h4-5,8,10H,6-7,9H2,1-3H3,(H,18,21). The number of imidazole rings is 1. The van der Waals surface area contributed by atoms with Gasteiger partial charge < -0.3 is 24.3 Å². The number of hydrogen-bond donors (Lipinski definition) is 1. The molecule has 7 heteroatoms. The molecule has 3 rings (SSSR count). The van der Waals surface area contributed by atoms with Gasteiger partial charge in [0.05, 0.1) is 38.5 Å². The molecule has 0 fully saturated rings. The monoisotopic (exact) mass is 316 g/mol. The third-order valence-electron chi connectivity index (χ3n) is 4.03. The largest absolute Gasteiger partial charge is 0.493 e. The predicted octanol–water partition coefficient (Wildman–Crippen LogP) is 2.03. The van der Waals surface area contributed by atoms with Crippen molar-refractivity contribution in [1.29, 1.82) is 0 Å². The number of amides is 2. The van der Waals surface area contributed by atoms with Crippen LogP contribution in [0.15, 0.2) is 24.5 Å². The molecule has 1 aliphatic heterocycles. The number of nitrogens with one attached hydrogen (secondary N) is 1. The smallest absolute Gasteiger partial charge is 0.322 e. The van der Waals surface area contributed by atoms with Crippen molar-refractivity contribution in [1.82, 2.24) is 14.5 Å². The summed E-state index contributed by atoms with van der Waals surface area (Å²) in [6, 6.07) is 5.17. The van der Waals surface area contributed by atoms with Crippen molar-refractivity contribution in [3.05, 3.63) is 35.9 Å². The van der Waals surface area contributed by atoms with Crippen LogP contribution in [-0.2, 0) is 20.0 Å². The average Bonchev–Trinajstić information content (AvgIpc) is 2.95. The number of nitrogens with zero attached hydrogens (tertiary/aromatic N) is 3. The van der Waals surface area contributed by atoms with E-state index < -0.39 is 0 Å². The molecule has 0 saturated carbocycles. The van der Waals surface area contributed by atoms with Crippen molar-refractivity contribution in [2.45, 2.75) is 13.0 Å². The van der Waals surface area contributed by atoms with Gasteiger partial charge in [0.25, 0.3) is 0 Å². The summed E-state index contributed by atoms with van der Waals surface area (Å²) in [7, 11) is 5.09. The van der Waals surface area contributed by atoms with Crippen molar-refractivity contribution in [3.8, 4) is 11.5 Å². The molecule has 0 saturated heterocycles. The number of rotatable bonds is 3. The Hall–Kier alpha value is -2.70. The maximum absolute atomic E-state index is 12.5. The molecule has 0 bridgehead atoms. The van der Waals surface area contributed by atoms with Crippen LogP contribution in [0.3, 0.4) is 0 Å². The highest BCUT2D eigenvalue weighted by Crippen LogP contribution is 2.30. The first-order chi connectivity index (χ1) is 11.1. The number of aryl methyl sites for hydroxylation is 1. The molecule has 7 nitrogen and oxygen atoms in total. The molecule has 2 heterocycles. The molecule has 0 atom stereocenters. The topological polar surface area (TPSA) is 68.6 Å². The zero-order valence-corrected chi connectivity index (χ0v) is 13.5. The van der Waals surface area contributed by atoms with Gasteiger partial charge in [-0.05, 0) is 12.1 Å². The minimum Gasteiger partial charge on any atom is -0.493 e. The Morgan fingerprint density at radius 2 is 2.04 bits per heavy atom. The van der Waals surface area contributed by atoms with E-state index in [9.17, 15) is 4.79 Å². The van der Waals surface area contributed by atoms with Crippen LogP contribution in [0.1, 0.15) is 11.4 Å². The number of aromatic nitrogens is 2. The molecule has 122 valence electrons. The van der Waals surface area contributed by atoms with E-state index in [1.165, 1.54) is 0 Å². The average molecular weight is 316 g/mol. The number of carbonyl (C=O) groups is 1. The fourth-order valence-corrected chi connectivity index (χ4v) is 2.71. The number of fused-ring (bicyclic) bond motifs is 1. The zero-order valence-electron chi connectivity index (χ0n) is 13.5. The lowest BCUT2D eigenvalue weighted by atomic mass is 10.1. The van der Waals surface area contributed by atoms with Crippen LogP contribution in [0, 0.1) is 0 Å². The second-order valence-electron chi connectivity index (χ2n) is 5.42. The van der Waals surface area contributed by atoms with Crippen molar-refractivity contribution < 1.29 is 14.3 Å². The molecule has 0 radical (unpaired) electrons. The second kappa shape index (κ2) is 6.20. The lowest BCUT2D eigenvalue weighted by Crippen LogP contribution is -2.39. The van der Waals surface area contributed by atoms with E-state index in [4.69, 9.17) is 9.47 Å². The van der Waals surface area contributed by atoms with Crippen LogP contribution in [0.4, 0.5) is 10.5 Å². The molecular weight excluding hydrogens is 296 g/mol. The number of carbonyl (C=O) groups excluding carboxylic acids is 1. The number of methoxy groups -OCH3 is 2. The summed E-state index contributed by atoms with van der Waals surface area (Å²) in [5, 5.41) is 2.90. The summed E-state index contributed by atoms with van der Waals surface area (Å²) in [5.41, 5.74) is 2.82. The van der Waals surface area contributed by atoms with Gasteiger partial charge in [-0.15, -0.1) is 0 Å². The van der Waals surface area contributed by atoms with Crippen molar-refractivity contribution in [2.24, 2.45) is 7.05 Å². The van der Waals surface area contributed by atoms with E-state index in [1.54, 1.807) is 43.6 Å². The Kier molecular flexibility index (Phi) is 4.10. The van der Waals surface area contributed by atoms with E-state index in [-0.39, 0.29) is 6.03 Å². The molecule has 0 spiro atoms. The highest BCUT2D eigenvalue weighted by molar-refractivity contribution is 5.89. The van der Waals surface area contributed by atoms with Crippen LogP contribution in [0.25, 0.3) is 0 Å². The highest BCUT2D eigenvalue weighted by Gasteiger charge is 2.23. The van der Waals surface area contributed by atoms with Gasteiger partial charge in [-0.3, -0.25) is 0 Å². The molecule has 23 heavy (non-hydrogen) atoms.